The van der Waals surface area contributed by atoms with Crippen LogP contribution in [-0.2, 0) is 6.54 Å². The summed E-state index contributed by atoms with van der Waals surface area (Å²) in [5, 5.41) is 5.95. The minimum atomic E-state index is 0.813. The Balaban J connectivity index is 1.76. The summed E-state index contributed by atoms with van der Waals surface area (Å²) in [4.78, 5) is 9.82. The van der Waals surface area contributed by atoms with Gasteiger partial charge in [0.15, 0.2) is 5.65 Å². The van der Waals surface area contributed by atoms with Gasteiger partial charge in [-0.25, -0.2) is 9.97 Å². The molecule has 3 aromatic heterocycles. The molecule has 0 radical (unpaired) electrons. The maximum Gasteiger partial charge on any atom is 0.160 e. The van der Waals surface area contributed by atoms with E-state index in [0.29, 0.717) is 0 Å². The predicted octanol–water partition coefficient (Wildman–Crippen LogP) is 6.37. The van der Waals surface area contributed by atoms with Crippen LogP contribution in [0.5, 0.6) is 0 Å². The first-order valence-electron chi connectivity index (χ1n) is 9.75. The number of para-hydroxylation sites is 2. The summed E-state index contributed by atoms with van der Waals surface area (Å²) in [7, 11) is 0. The molecule has 0 spiro atoms. The highest BCUT2D eigenvalue weighted by atomic mass is 15.0. The summed E-state index contributed by atoms with van der Waals surface area (Å²) in [6, 6.07) is 23.9. The minimum absolute atomic E-state index is 0.813. The molecule has 3 aromatic carbocycles. The van der Waals surface area contributed by atoms with Gasteiger partial charge in [0.1, 0.15) is 0 Å². The summed E-state index contributed by atoms with van der Waals surface area (Å²) in [5.41, 5.74) is 6.57. The number of fused-ring (bicyclic) bond motifs is 6. The first-order chi connectivity index (χ1) is 13.7. The van der Waals surface area contributed by atoms with Gasteiger partial charge in [0, 0.05) is 44.5 Å². The summed E-state index contributed by atoms with van der Waals surface area (Å²) in [5.74, 6) is 0. The first kappa shape index (κ1) is 15.6. The molecule has 28 heavy (non-hydrogen) atoms. The van der Waals surface area contributed by atoms with Crippen LogP contribution in [0.25, 0.3) is 54.6 Å². The summed E-state index contributed by atoms with van der Waals surface area (Å²) < 4.78 is 2.39. The number of rotatable bonds is 1. The van der Waals surface area contributed by atoms with Gasteiger partial charge in [-0.3, -0.25) is 0 Å². The molecule has 3 heteroatoms. The zero-order valence-electron chi connectivity index (χ0n) is 15.9. The van der Waals surface area contributed by atoms with Crippen LogP contribution in [0.4, 0.5) is 0 Å². The second kappa shape index (κ2) is 5.52. The van der Waals surface area contributed by atoms with E-state index in [4.69, 9.17) is 9.97 Å². The predicted molar refractivity (Wildman–Crippen MR) is 118 cm³/mol. The number of hydrogen-bond acceptors (Lipinski definition) is 2. The molecule has 134 valence electrons. The van der Waals surface area contributed by atoms with Crippen LogP contribution >= 0.6 is 0 Å². The quantitative estimate of drug-likeness (QED) is 0.318. The Kier molecular flexibility index (Phi) is 3.07. The van der Waals surface area contributed by atoms with Crippen molar-refractivity contribution in [1.82, 2.24) is 14.5 Å². The third-order valence-corrected chi connectivity index (χ3v) is 5.83. The van der Waals surface area contributed by atoms with Gasteiger partial charge in [-0.15, -0.1) is 0 Å². The second-order valence-electron chi connectivity index (χ2n) is 7.49. The molecule has 6 aromatic rings. The fourth-order valence-electron chi connectivity index (χ4n) is 4.48. The molecule has 3 nitrogen and oxygen atoms in total. The van der Waals surface area contributed by atoms with E-state index in [1.807, 2.05) is 0 Å². The highest BCUT2D eigenvalue weighted by Crippen LogP contribution is 2.33. The Morgan fingerprint density at radius 3 is 2.50 bits per heavy atom. The molecule has 0 aliphatic heterocycles. The van der Waals surface area contributed by atoms with Crippen molar-refractivity contribution in [2.45, 2.75) is 20.4 Å². The lowest BCUT2D eigenvalue weighted by molar-refractivity contribution is 0.827. The largest absolute Gasteiger partial charge is 0.341 e. The molecule has 6 rings (SSSR count). The van der Waals surface area contributed by atoms with Crippen LogP contribution in [0, 0.1) is 6.92 Å². The van der Waals surface area contributed by atoms with Gasteiger partial charge in [-0.05, 0) is 49.7 Å². The molecule has 0 aliphatic rings. The van der Waals surface area contributed by atoms with Crippen molar-refractivity contribution < 1.29 is 0 Å². The standard InChI is InChI=1S/C25H19N3/c1-3-28-22-10-5-4-9-19(22)20-14-21-17(13-23(20)28)12-18-11-16-8-6-7-15(2)24(16)27-25(18)26-21/h4-14H,3H2,1-2H3. The molecule has 0 bridgehead atoms. The van der Waals surface area contributed by atoms with E-state index in [9.17, 15) is 0 Å². The molecule has 0 N–H and O–H groups in total. The first-order valence-corrected chi connectivity index (χ1v) is 9.75. The van der Waals surface area contributed by atoms with Gasteiger partial charge in [0.25, 0.3) is 0 Å². The lowest BCUT2D eigenvalue weighted by Gasteiger charge is -2.07. The monoisotopic (exact) mass is 361 g/mol. The van der Waals surface area contributed by atoms with Crippen molar-refractivity contribution in [3.05, 3.63) is 72.3 Å². The zero-order valence-corrected chi connectivity index (χ0v) is 15.9. The third-order valence-electron chi connectivity index (χ3n) is 5.83. The van der Waals surface area contributed by atoms with E-state index in [1.54, 1.807) is 0 Å². The van der Waals surface area contributed by atoms with E-state index < -0.39 is 0 Å². The Labute approximate surface area is 162 Å². The van der Waals surface area contributed by atoms with E-state index in [1.165, 1.54) is 27.4 Å². The molecule has 0 amide bonds. The van der Waals surface area contributed by atoms with Gasteiger partial charge in [0.05, 0.1) is 11.0 Å². The molecule has 3 heterocycles. The Morgan fingerprint density at radius 1 is 0.750 bits per heavy atom. The van der Waals surface area contributed by atoms with E-state index >= 15 is 0 Å². The van der Waals surface area contributed by atoms with Crippen LogP contribution in [0.15, 0.2) is 66.7 Å². The Hall–Kier alpha value is -3.46. The average molecular weight is 361 g/mol. The maximum absolute atomic E-state index is 4.94. The van der Waals surface area contributed by atoms with Crippen LogP contribution in [0.1, 0.15) is 12.5 Å². The summed E-state index contributed by atoms with van der Waals surface area (Å²) in [6.45, 7) is 5.25. The van der Waals surface area contributed by atoms with Crippen molar-refractivity contribution >= 4 is 54.6 Å². The number of hydrogen-bond donors (Lipinski definition) is 0. The zero-order chi connectivity index (χ0) is 18.8. The van der Waals surface area contributed by atoms with Crippen molar-refractivity contribution in [3.8, 4) is 0 Å². The maximum atomic E-state index is 4.94. The minimum Gasteiger partial charge on any atom is -0.341 e. The lowest BCUT2D eigenvalue weighted by atomic mass is 10.1. The van der Waals surface area contributed by atoms with Crippen molar-refractivity contribution in [2.75, 3.05) is 0 Å². The van der Waals surface area contributed by atoms with Crippen LogP contribution < -0.4 is 0 Å². The molecule has 0 saturated heterocycles. The van der Waals surface area contributed by atoms with Gasteiger partial charge >= 0.3 is 0 Å². The van der Waals surface area contributed by atoms with Gasteiger partial charge < -0.3 is 4.57 Å². The average Bonchev–Trinajstić information content (AvgIpc) is 3.02. The molecule has 0 fully saturated rings. The molecule has 0 aliphatic carbocycles. The van der Waals surface area contributed by atoms with Crippen molar-refractivity contribution in [2.24, 2.45) is 0 Å². The van der Waals surface area contributed by atoms with E-state index in [-0.39, 0.29) is 0 Å². The third kappa shape index (κ3) is 2.04. The summed E-state index contributed by atoms with van der Waals surface area (Å²) in [6.07, 6.45) is 0. The molecule has 0 atom stereocenters. The second-order valence-corrected chi connectivity index (χ2v) is 7.49. The number of aryl methyl sites for hydroxylation is 2. The van der Waals surface area contributed by atoms with Crippen molar-refractivity contribution in [3.63, 3.8) is 0 Å². The molecule has 0 unspecified atom stereocenters. The Bertz CT molecular complexity index is 1560. The Morgan fingerprint density at radius 2 is 1.61 bits per heavy atom. The molecule has 0 saturated carbocycles. The number of benzene rings is 3. The molecular weight excluding hydrogens is 342 g/mol. The fourth-order valence-corrected chi connectivity index (χ4v) is 4.48. The highest BCUT2D eigenvalue weighted by molar-refractivity contribution is 6.13. The number of nitrogens with zero attached hydrogens (tertiary/aromatic N) is 3. The molecular formula is C25H19N3. The van der Waals surface area contributed by atoms with Gasteiger partial charge in [-0.2, -0.15) is 0 Å². The SMILES string of the molecule is CCn1c2ccccc2c2cc3nc4nc5c(C)cccc5cc4cc3cc21. The lowest BCUT2D eigenvalue weighted by Crippen LogP contribution is -1.93. The van der Waals surface area contributed by atoms with Crippen LogP contribution in [0.3, 0.4) is 0 Å². The van der Waals surface area contributed by atoms with E-state index in [2.05, 4.69) is 85.1 Å². The van der Waals surface area contributed by atoms with Crippen LogP contribution in [-0.4, -0.2) is 14.5 Å². The van der Waals surface area contributed by atoms with Crippen LogP contribution in [0.2, 0.25) is 0 Å². The number of pyridine rings is 2. The highest BCUT2D eigenvalue weighted by Gasteiger charge is 2.12. The normalized spacial score (nSPS) is 12.1. The fraction of sp³-hybridized carbons (Fsp3) is 0.120. The van der Waals surface area contributed by atoms with Gasteiger partial charge in [-0.1, -0.05) is 36.4 Å². The summed E-state index contributed by atoms with van der Waals surface area (Å²) >= 11 is 0. The smallest absolute Gasteiger partial charge is 0.160 e. The topological polar surface area (TPSA) is 30.7 Å². The van der Waals surface area contributed by atoms with E-state index in [0.717, 1.165) is 39.4 Å². The number of aromatic nitrogens is 3. The van der Waals surface area contributed by atoms with Gasteiger partial charge in [0.2, 0.25) is 0 Å². The van der Waals surface area contributed by atoms with Crippen molar-refractivity contribution in [1.29, 1.82) is 0 Å².